The van der Waals surface area contributed by atoms with Crippen LogP contribution in [0, 0.1) is 24.0 Å². The molecule has 1 heterocycles. The molecule has 1 N–H and O–H groups in total. The number of nitrogens with one attached hydrogen (secondary N) is 1. The van der Waals surface area contributed by atoms with Gasteiger partial charge in [0.05, 0.1) is 17.5 Å². The van der Waals surface area contributed by atoms with Gasteiger partial charge in [-0.1, -0.05) is 37.3 Å². The van der Waals surface area contributed by atoms with Gasteiger partial charge in [-0.15, -0.1) is 0 Å². The normalized spacial score (nSPS) is 11.6. The zero-order valence-corrected chi connectivity index (χ0v) is 21.1. The summed E-state index contributed by atoms with van der Waals surface area (Å²) in [6.45, 7) is 5.51. The second-order valence-electron chi connectivity index (χ2n) is 8.68. The summed E-state index contributed by atoms with van der Waals surface area (Å²) in [6, 6.07) is 14.1. The third kappa shape index (κ3) is 6.07. The van der Waals surface area contributed by atoms with Crippen molar-refractivity contribution in [2.45, 2.75) is 39.8 Å². The number of nitro groups is 1. The molecule has 3 rings (SSSR count). The summed E-state index contributed by atoms with van der Waals surface area (Å²) in [5.74, 6) is 0.153. The van der Waals surface area contributed by atoms with E-state index in [-0.39, 0.29) is 30.2 Å². The van der Waals surface area contributed by atoms with Gasteiger partial charge >= 0.3 is 5.69 Å². The summed E-state index contributed by atoms with van der Waals surface area (Å²) in [4.78, 5) is 37.2. The van der Waals surface area contributed by atoms with Crippen LogP contribution in [0.2, 0.25) is 0 Å². The van der Waals surface area contributed by atoms with Crippen LogP contribution < -0.4 is 10.1 Å². The van der Waals surface area contributed by atoms with Crippen molar-refractivity contribution >= 4 is 17.5 Å². The van der Waals surface area contributed by atoms with Gasteiger partial charge < -0.3 is 15.0 Å². The molecule has 1 atom stereocenters. The molecule has 1 aromatic heterocycles. The Morgan fingerprint density at radius 1 is 1.14 bits per heavy atom. The van der Waals surface area contributed by atoms with Crippen LogP contribution in [0.1, 0.15) is 52.3 Å². The molecule has 0 radical (unpaired) electrons. The van der Waals surface area contributed by atoms with Crippen molar-refractivity contribution < 1.29 is 19.2 Å². The van der Waals surface area contributed by atoms with E-state index in [0.29, 0.717) is 35.7 Å². The lowest BCUT2D eigenvalue weighted by molar-refractivity contribution is -0.386. The molecule has 10 nitrogen and oxygen atoms in total. The number of ether oxygens (including phenoxy) is 1. The quantitative estimate of drug-likeness (QED) is 0.339. The third-order valence-corrected chi connectivity index (χ3v) is 5.93. The van der Waals surface area contributed by atoms with Crippen molar-refractivity contribution in [3.8, 4) is 5.75 Å². The van der Waals surface area contributed by atoms with E-state index in [9.17, 15) is 19.7 Å². The maximum absolute atomic E-state index is 13.0. The lowest BCUT2D eigenvalue weighted by Crippen LogP contribution is -2.30. The molecular formula is C26H31N5O5. The average molecular weight is 494 g/mol. The number of hydrogen-bond acceptors (Lipinski definition) is 6. The van der Waals surface area contributed by atoms with Gasteiger partial charge in [-0.05, 0) is 44.0 Å². The van der Waals surface area contributed by atoms with Crippen molar-refractivity contribution in [3.05, 3.63) is 86.7 Å². The molecule has 0 fully saturated rings. The van der Waals surface area contributed by atoms with Crippen molar-refractivity contribution in [2.24, 2.45) is 0 Å². The van der Waals surface area contributed by atoms with Crippen LogP contribution in [0.15, 0.2) is 48.5 Å². The Kier molecular flexibility index (Phi) is 8.42. The summed E-state index contributed by atoms with van der Waals surface area (Å²) >= 11 is 0. The molecule has 0 aliphatic carbocycles. The lowest BCUT2D eigenvalue weighted by Gasteiger charge is -2.21. The molecule has 10 heteroatoms. The molecule has 0 saturated carbocycles. The Bertz CT molecular complexity index is 1250. The Labute approximate surface area is 210 Å². The Hall–Kier alpha value is -4.21. The highest BCUT2D eigenvalue weighted by molar-refractivity contribution is 5.94. The second-order valence-corrected chi connectivity index (χ2v) is 8.68. The number of hydrogen-bond donors (Lipinski definition) is 1. The number of aromatic nitrogens is 2. The Morgan fingerprint density at radius 2 is 1.81 bits per heavy atom. The van der Waals surface area contributed by atoms with E-state index in [1.807, 2.05) is 37.3 Å². The molecule has 1 unspecified atom stereocenters. The van der Waals surface area contributed by atoms with Gasteiger partial charge in [-0.25, -0.2) is 0 Å². The third-order valence-electron chi connectivity index (χ3n) is 5.93. The Morgan fingerprint density at radius 3 is 2.39 bits per heavy atom. The smallest absolute Gasteiger partial charge is 0.312 e. The molecule has 0 spiro atoms. The van der Waals surface area contributed by atoms with Gasteiger partial charge in [0.1, 0.15) is 17.1 Å². The van der Waals surface area contributed by atoms with Crippen LogP contribution in [-0.4, -0.2) is 52.1 Å². The number of carbonyl (C=O) groups is 2. The highest BCUT2D eigenvalue weighted by atomic mass is 16.6. The molecule has 190 valence electrons. The minimum absolute atomic E-state index is 0.0203. The van der Waals surface area contributed by atoms with Crippen molar-refractivity contribution in [2.75, 3.05) is 20.7 Å². The lowest BCUT2D eigenvalue weighted by atomic mass is 10.0. The van der Waals surface area contributed by atoms with Gasteiger partial charge in [0.25, 0.3) is 11.8 Å². The fraction of sp³-hybridized carbons (Fsp3) is 0.346. The standard InChI is InChI=1S/C26H31N5O5/c1-6-22(21-9-7-8-10-23(21)36-16-24(32)29(4)5)27-26(33)20-13-11-19(12-14-20)15-30-18(3)25(31(34)35)17(2)28-30/h7-14,22H,6,15-16H2,1-5H3,(H,27,33). The summed E-state index contributed by atoms with van der Waals surface area (Å²) in [5, 5.41) is 18.6. The van der Waals surface area contributed by atoms with E-state index in [1.165, 1.54) is 4.90 Å². The SMILES string of the molecule is CCC(NC(=O)c1ccc(Cn2nc(C)c([N+](=O)[O-])c2C)cc1)c1ccccc1OCC(=O)N(C)C. The van der Waals surface area contributed by atoms with Gasteiger partial charge in [0, 0.05) is 25.2 Å². The molecule has 3 aromatic rings. The zero-order valence-electron chi connectivity index (χ0n) is 21.1. The summed E-state index contributed by atoms with van der Waals surface area (Å²) in [5.41, 5.74) is 3.02. The number of likely N-dealkylation sites (N-methyl/N-ethyl adjacent to an activating group) is 1. The maximum atomic E-state index is 13.0. The predicted molar refractivity (Wildman–Crippen MR) is 135 cm³/mol. The van der Waals surface area contributed by atoms with E-state index >= 15 is 0 Å². The predicted octanol–water partition coefficient (Wildman–Crippen LogP) is 3.80. The van der Waals surface area contributed by atoms with E-state index < -0.39 is 4.92 Å². The molecule has 36 heavy (non-hydrogen) atoms. The molecule has 0 aliphatic rings. The van der Waals surface area contributed by atoms with Gasteiger partial charge in [-0.2, -0.15) is 5.10 Å². The van der Waals surface area contributed by atoms with E-state index in [1.54, 1.807) is 50.8 Å². The molecule has 2 aromatic carbocycles. The van der Waals surface area contributed by atoms with E-state index in [2.05, 4.69) is 10.4 Å². The first kappa shape index (κ1) is 26.4. The van der Waals surface area contributed by atoms with Crippen LogP contribution in [0.25, 0.3) is 0 Å². The minimum Gasteiger partial charge on any atom is -0.483 e. The number of rotatable bonds is 10. The first-order valence-electron chi connectivity index (χ1n) is 11.6. The minimum atomic E-state index is -0.422. The first-order valence-corrected chi connectivity index (χ1v) is 11.6. The van der Waals surface area contributed by atoms with Gasteiger partial charge in [-0.3, -0.25) is 24.4 Å². The second kappa shape index (κ2) is 11.5. The van der Waals surface area contributed by atoms with E-state index in [4.69, 9.17) is 4.74 Å². The van der Waals surface area contributed by atoms with E-state index in [0.717, 1.165) is 11.1 Å². The number of amides is 2. The highest BCUT2D eigenvalue weighted by Crippen LogP contribution is 2.28. The first-order chi connectivity index (χ1) is 17.1. The largest absolute Gasteiger partial charge is 0.483 e. The fourth-order valence-electron chi connectivity index (χ4n) is 3.85. The molecule has 0 aliphatic heterocycles. The van der Waals surface area contributed by atoms with Crippen LogP contribution in [0.3, 0.4) is 0 Å². The van der Waals surface area contributed by atoms with Crippen LogP contribution in [-0.2, 0) is 11.3 Å². The molecule has 0 saturated heterocycles. The fourth-order valence-corrected chi connectivity index (χ4v) is 3.85. The number of carbonyl (C=O) groups excluding carboxylic acids is 2. The van der Waals surface area contributed by atoms with Crippen LogP contribution in [0.4, 0.5) is 5.69 Å². The van der Waals surface area contributed by atoms with Crippen molar-refractivity contribution in [1.82, 2.24) is 20.0 Å². The number of aryl methyl sites for hydroxylation is 1. The highest BCUT2D eigenvalue weighted by Gasteiger charge is 2.22. The number of benzene rings is 2. The Balaban J connectivity index is 1.71. The van der Waals surface area contributed by atoms with Crippen LogP contribution in [0.5, 0.6) is 5.75 Å². The zero-order chi connectivity index (χ0) is 26.4. The van der Waals surface area contributed by atoms with Crippen molar-refractivity contribution in [3.63, 3.8) is 0 Å². The summed E-state index contributed by atoms with van der Waals surface area (Å²) < 4.78 is 7.34. The van der Waals surface area contributed by atoms with Crippen molar-refractivity contribution in [1.29, 1.82) is 0 Å². The number of para-hydroxylation sites is 1. The molecular weight excluding hydrogens is 462 g/mol. The molecule has 0 bridgehead atoms. The van der Waals surface area contributed by atoms with Gasteiger partial charge in [0.15, 0.2) is 6.61 Å². The molecule has 2 amide bonds. The number of nitrogens with zero attached hydrogens (tertiary/aromatic N) is 4. The summed E-state index contributed by atoms with van der Waals surface area (Å²) in [7, 11) is 3.33. The topological polar surface area (TPSA) is 120 Å². The van der Waals surface area contributed by atoms with Gasteiger partial charge in [0.2, 0.25) is 0 Å². The maximum Gasteiger partial charge on any atom is 0.312 e. The monoisotopic (exact) mass is 493 g/mol. The average Bonchev–Trinajstić information content (AvgIpc) is 3.13. The summed E-state index contributed by atoms with van der Waals surface area (Å²) in [6.07, 6.45) is 0.628. The van der Waals surface area contributed by atoms with Crippen LogP contribution >= 0.6 is 0 Å².